The number of carbonyl (C=O) groups is 1. The predicted octanol–water partition coefficient (Wildman–Crippen LogP) is 4.50. The van der Waals surface area contributed by atoms with Crippen LogP contribution < -0.4 is 14.4 Å². The molecule has 33 heavy (non-hydrogen) atoms. The minimum absolute atomic E-state index is 0.0376. The highest BCUT2D eigenvalue weighted by Gasteiger charge is 2.26. The van der Waals surface area contributed by atoms with Gasteiger partial charge in [0.1, 0.15) is 11.5 Å². The first-order valence-electron chi connectivity index (χ1n) is 11.7. The first-order chi connectivity index (χ1) is 15.9. The average Bonchev–Trinajstić information content (AvgIpc) is 2.95. The number of hydrogen-bond donors (Lipinski definition) is 0. The van der Waals surface area contributed by atoms with Crippen LogP contribution in [-0.2, 0) is 4.74 Å². The van der Waals surface area contributed by atoms with Gasteiger partial charge in [-0.3, -0.25) is 4.90 Å². The first-order valence-corrected chi connectivity index (χ1v) is 11.7. The summed E-state index contributed by atoms with van der Waals surface area (Å²) in [6.45, 7) is 12.0. The van der Waals surface area contributed by atoms with Crippen molar-refractivity contribution in [2.24, 2.45) is 5.41 Å². The lowest BCUT2D eigenvalue weighted by Gasteiger charge is -2.36. The Morgan fingerprint density at radius 3 is 2.45 bits per heavy atom. The zero-order valence-electron chi connectivity index (χ0n) is 20.1. The van der Waals surface area contributed by atoms with E-state index >= 15 is 0 Å². The molecule has 6 heteroatoms. The molecule has 0 unspecified atom stereocenters. The number of carbonyl (C=O) groups excluding carboxylic acids is 1. The lowest BCUT2D eigenvalue weighted by atomic mass is 9.90. The molecule has 0 radical (unpaired) electrons. The Balaban J connectivity index is 1.43. The molecule has 0 atom stereocenters. The van der Waals surface area contributed by atoms with Crippen molar-refractivity contribution in [1.29, 1.82) is 0 Å². The molecule has 2 aromatic rings. The van der Waals surface area contributed by atoms with Crippen LogP contribution in [-0.4, -0.2) is 63.9 Å². The van der Waals surface area contributed by atoms with Crippen LogP contribution in [0.25, 0.3) is 5.57 Å². The number of piperazine rings is 1. The fourth-order valence-electron chi connectivity index (χ4n) is 4.43. The second-order valence-electron chi connectivity index (χ2n) is 9.34. The molecular formula is C27H34N2O4. The van der Waals surface area contributed by atoms with E-state index < -0.39 is 0 Å². The molecule has 6 nitrogen and oxygen atoms in total. The van der Waals surface area contributed by atoms with Gasteiger partial charge in [-0.25, -0.2) is 4.79 Å². The van der Waals surface area contributed by atoms with Crippen molar-refractivity contribution in [3.05, 3.63) is 59.7 Å². The van der Waals surface area contributed by atoms with Crippen LogP contribution in [0.2, 0.25) is 0 Å². The summed E-state index contributed by atoms with van der Waals surface area (Å²) in [5, 5.41) is 0. The monoisotopic (exact) mass is 450 g/mol. The summed E-state index contributed by atoms with van der Waals surface area (Å²) in [6.07, 6.45) is 2.36. The van der Waals surface area contributed by atoms with Gasteiger partial charge in [0, 0.05) is 49.4 Å². The standard InChI is InChI=1S/C27H34N2O4/c1-5-32-26(30)20-6-8-22(9-7-20)29-14-12-28(13-15-29)18-21-17-27(2,3)19-33-25-11-10-23(31-4)16-24(21)25/h6-11,16-17H,5,12-15,18-19H2,1-4H3. The summed E-state index contributed by atoms with van der Waals surface area (Å²) >= 11 is 0. The summed E-state index contributed by atoms with van der Waals surface area (Å²) in [5.41, 5.74) is 4.11. The van der Waals surface area contributed by atoms with E-state index in [4.69, 9.17) is 14.2 Å². The SMILES string of the molecule is CCOC(=O)c1ccc(N2CCN(CC3=CC(C)(C)COc4ccc(OC)cc43)CC2)cc1. The van der Waals surface area contributed by atoms with Gasteiger partial charge in [0.25, 0.3) is 0 Å². The van der Waals surface area contributed by atoms with E-state index in [1.165, 1.54) is 5.57 Å². The molecule has 0 bridgehead atoms. The Kier molecular flexibility index (Phi) is 6.94. The first kappa shape index (κ1) is 23.2. The zero-order valence-corrected chi connectivity index (χ0v) is 20.1. The third-order valence-electron chi connectivity index (χ3n) is 6.21. The van der Waals surface area contributed by atoms with Gasteiger partial charge < -0.3 is 19.1 Å². The quantitative estimate of drug-likeness (QED) is 0.604. The average molecular weight is 451 g/mol. The molecule has 0 aromatic heterocycles. The van der Waals surface area contributed by atoms with Crippen molar-refractivity contribution in [2.75, 3.05) is 57.9 Å². The number of benzene rings is 2. The molecule has 0 spiro atoms. The Bertz CT molecular complexity index is 1010. The molecule has 2 aliphatic rings. The molecule has 0 aliphatic carbocycles. The van der Waals surface area contributed by atoms with E-state index in [0.29, 0.717) is 18.8 Å². The fourth-order valence-corrected chi connectivity index (χ4v) is 4.43. The van der Waals surface area contributed by atoms with Gasteiger partial charge in [-0.05, 0) is 55.0 Å². The van der Waals surface area contributed by atoms with Crippen molar-refractivity contribution < 1.29 is 19.0 Å². The van der Waals surface area contributed by atoms with Crippen LogP contribution in [0.4, 0.5) is 5.69 Å². The minimum atomic E-state index is -0.269. The molecule has 2 aliphatic heterocycles. The third kappa shape index (κ3) is 5.50. The van der Waals surface area contributed by atoms with Gasteiger partial charge in [-0.2, -0.15) is 0 Å². The highest BCUT2D eigenvalue weighted by molar-refractivity contribution is 5.89. The van der Waals surface area contributed by atoms with Crippen LogP contribution in [0.3, 0.4) is 0 Å². The second kappa shape index (κ2) is 9.87. The maximum atomic E-state index is 11.9. The summed E-state index contributed by atoms with van der Waals surface area (Å²) in [7, 11) is 1.70. The Labute approximate surface area is 196 Å². The zero-order chi connectivity index (χ0) is 23.4. The molecule has 2 aromatic carbocycles. The van der Waals surface area contributed by atoms with Crippen molar-refractivity contribution in [3.8, 4) is 11.5 Å². The van der Waals surface area contributed by atoms with E-state index in [1.54, 1.807) is 7.11 Å². The highest BCUT2D eigenvalue weighted by atomic mass is 16.5. The Morgan fingerprint density at radius 1 is 1.06 bits per heavy atom. The van der Waals surface area contributed by atoms with Crippen molar-refractivity contribution >= 4 is 17.2 Å². The number of esters is 1. The summed E-state index contributed by atoms with van der Waals surface area (Å²) in [4.78, 5) is 16.8. The number of fused-ring (bicyclic) bond motifs is 1. The van der Waals surface area contributed by atoms with Gasteiger partial charge in [-0.1, -0.05) is 19.9 Å². The van der Waals surface area contributed by atoms with E-state index in [0.717, 1.165) is 55.5 Å². The molecule has 176 valence electrons. The lowest BCUT2D eigenvalue weighted by molar-refractivity contribution is 0.0526. The van der Waals surface area contributed by atoms with Gasteiger partial charge in [0.15, 0.2) is 0 Å². The lowest BCUT2D eigenvalue weighted by Crippen LogP contribution is -2.46. The van der Waals surface area contributed by atoms with Gasteiger partial charge >= 0.3 is 5.97 Å². The van der Waals surface area contributed by atoms with Gasteiger partial charge in [0.2, 0.25) is 0 Å². The molecule has 1 fully saturated rings. The molecule has 4 rings (SSSR count). The molecular weight excluding hydrogens is 416 g/mol. The molecule has 0 saturated carbocycles. The maximum absolute atomic E-state index is 11.9. The van der Waals surface area contributed by atoms with Crippen LogP contribution in [0.15, 0.2) is 48.5 Å². The topological polar surface area (TPSA) is 51.2 Å². The fraction of sp³-hybridized carbons (Fsp3) is 0.444. The van der Waals surface area contributed by atoms with Gasteiger partial charge in [0.05, 0.1) is 25.9 Å². The van der Waals surface area contributed by atoms with E-state index in [-0.39, 0.29) is 11.4 Å². The summed E-state index contributed by atoms with van der Waals surface area (Å²) in [5.74, 6) is 1.50. The van der Waals surface area contributed by atoms with Crippen LogP contribution >= 0.6 is 0 Å². The van der Waals surface area contributed by atoms with E-state index in [2.05, 4.69) is 35.8 Å². The van der Waals surface area contributed by atoms with Gasteiger partial charge in [-0.15, -0.1) is 0 Å². The third-order valence-corrected chi connectivity index (χ3v) is 6.21. The Morgan fingerprint density at radius 2 is 1.79 bits per heavy atom. The number of nitrogens with zero attached hydrogens (tertiary/aromatic N) is 2. The van der Waals surface area contributed by atoms with Crippen LogP contribution in [0.5, 0.6) is 11.5 Å². The molecule has 1 saturated heterocycles. The minimum Gasteiger partial charge on any atom is -0.497 e. The highest BCUT2D eigenvalue weighted by Crippen LogP contribution is 2.37. The normalized spacial score (nSPS) is 17.9. The number of methoxy groups -OCH3 is 1. The predicted molar refractivity (Wildman–Crippen MR) is 131 cm³/mol. The number of hydrogen-bond acceptors (Lipinski definition) is 6. The number of rotatable bonds is 6. The second-order valence-corrected chi connectivity index (χ2v) is 9.34. The van der Waals surface area contributed by atoms with E-state index in [9.17, 15) is 4.79 Å². The molecule has 0 N–H and O–H groups in total. The maximum Gasteiger partial charge on any atom is 0.338 e. The Hall–Kier alpha value is -2.99. The smallest absolute Gasteiger partial charge is 0.338 e. The largest absolute Gasteiger partial charge is 0.497 e. The summed E-state index contributed by atoms with van der Waals surface area (Å²) in [6, 6.07) is 13.8. The van der Waals surface area contributed by atoms with Crippen molar-refractivity contribution in [1.82, 2.24) is 4.90 Å². The summed E-state index contributed by atoms with van der Waals surface area (Å²) < 4.78 is 16.7. The van der Waals surface area contributed by atoms with Crippen LogP contribution in [0, 0.1) is 5.41 Å². The van der Waals surface area contributed by atoms with Crippen molar-refractivity contribution in [2.45, 2.75) is 20.8 Å². The number of anilines is 1. The van der Waals surface area contributed by atoms with Crippen molar-refractivity contribution in [3.63, 3.8) is 0 Å². The molecule has 0 amide bonds. The van der Waals surface area contributed by atoms with Crippen LogP contribution in [0.1, 0.15) is 36.7 Å². The van der Waals surface area contributed by atoms with E-state index in [1.807, 2.05) is 43.3 Å². The number of ether oxygens (including phenoxy) is 3. The molecule has 2 heterocycles.